The highest BCUT2D eigenvalue weighted by molar-refractivity contribution is 5.72. The molecule has 32 heavy (non-hydrogen) atoms. The summed E-state index contributed by atoms with van der Waals surface area (Å²) in [5.74, 6) is 0.471. The Morgan fingerprint density at radius 1 is 0.781 bits per heavy atom. The Bertz CT molecular complexity index is 935. The third-order valence-corrected chi connectivity index (χ3v) is 6.35. The maximum absolute atomic E-state index is 12.7. The third kappa shape index (κ3) is 7.06. The predicted molar refractivity (Wildman–Crippen MR) is 129 cm³/mol. The second kappa shape index (κ2) is 11.6. The molecule has 1 aliphatic rings. The van der Waals surface area contributed by atoms with Crippen LogP contribution in [0.3, 0.4) is 0 Å². The van der Waals surface area contributed by atoms with Crippen molar-refractivity contribution in [2.45, 2.75) is 44.8 Å². The molecule has 0 aliphatic carbocycles. The van der Waals surface area contributed by atoms with Crippen molar-refractivity contribution >= 4 is 5.97 Å². The van der Waals surface area contributed by atoms with E-state index in [-0.39, 0.29) is 12.1 Å². The number of piperidine rings is 1. The van der Waals surface area contributed by atoms with E-state index in [0.717, 1.165) is 50.9 Å². The molecule has 4 rings (SSSR count). The van der Waals surface area contributed by atoms with Gasteiger partial charge in [0.25, 0.3) is 0 Å². The van der Waals surface area contributed by atoms with Crippen LogP contribution < -0.4 is 0 Å². The molecule has 0 aromatic heterocycles. The summed E-state index contributed by atoms with van der Waals surface area (Å²) in [6, 6.07) is 31.0. The number of rotatable bonds is 9. The lowest BCUT2D eigenvalue weighted by Gasteiger charge is -2.33. The van der Waals surface area contributed by atoms with Crippen molar-refractivity contribution in [3.05, 3.63) is 108 Å². The highest BCUT2D eigenvalue weighted by atomic mass is 16.5. The van der Waals surface area contributed by atoms with Crippen molar-refractivity contribution < 1.29 is 9.53 Å². The first kappa shape index (κ1) is 22.3. The molecule has 3 aromatic carbocycles. The van der Waals surface area contributed by atoms with E-state index in [1.165, 1.54) is 11.1 Å². The van der Waals surface area contributed by atoms with Crippen LogP contribution in [0.25, 0.3) is 0 Å². The zero-order valence-electron chi connectivity index (χ0n) is 18.7. The van der Waals surface area contributed by atoms with E-state index >= 15 is 0 Å². The summed E-state index contributed by atoms with van der Waals surface area (Å²) < 4.78 is 6.03. The molecule has 0 bridgehead atoms. The molecule has 1 aliphatic heterocycles. The topological polar surface area (TPSA) is 29.5 Å². The van der Waals surface area contributed by atoms with Crippen molar-refractivity contribution in [2.24, 2.45) is 5.92 Å². The number of nitrogens with zero attached hydrogens (tertiary/aromatic N) is 1. The maximum Gasteiger partial charge on any atom is 0.310 e. The Hall–Kier alpha value is -2.91. The van der Waals surface area contributed by atoms with Gasteiger partial charge in [0.1, 0.15) is 6.10 Å². The normalized spacial score (nSPS) is 15.9. The van der Waals surface area contributed by atoms with Crippen LogP contribution in [0, 0.1) is 5.92 Å². The minimum atomic E-state index is -0.126. The minimum absolute atomic E-state index is 0.0701. The second-order valence-electron chi connectivity index (χ2n) is 8.90. The summed E-state index contributed by atoms with van der Waals surface area (Å²) >= 11 is 0. The van der Waals surface area contributed by atoms with Gasteiger partial charge in [-0.25, -0.2) is 0 Å². The first-order valence-corrected chi connectivity index (χ1v) is 11.8. The van der Waals surface area contributed by atoms with Gasteiger partial charge in [-0.2, -0.15) is 0 Å². The van der Waals surface area contributed by atoms with E-state index in [9.17, 15) is 4.79 Å². The molecule has 0 amide bonds. The molecule has 1 fully saturated rings. The zero-order valence-corrected chi connectivity index (χ0v) is 18.7. The number of hydrogen-bond donors (Lipinski definition) is 0. The SMILES string of the molecule is O=C(Cc1ccccc1)OC(Cc1ccccc1)CC1CCN(Cc2ccccc2)CC1. The van der Waals surface area contributed by atoms with Crippen LogP contribution in [0.5, 0.6) is 0 Å². The van der Waals surface area contributed by atoms with Crippen molar-refractivity contribution in [1.29, 1.82) is 0 Å². The van der Waals surface area contributed by atoms with Gasteiger partial charge in [0.2, 0.25) is 0 Å². The van der Waals surface area contributed by atoms with Gasteiger partial charge in [-0.1, -0.05) is 91.0 Å². The summed E-state index contributed by atoms with van der Waals surface area (Å²) in [6.07, 6.45) is 4.31. The lowest BCUT2D eigenvalue weighted by molar-refractivity contribution is -0.149. The van der Waals surface area contributed by atoms with Gasteiger partial charge in [0.15, 0.2) is 0 Å². The Morgan fingerprint density at radius 2 is 1.31 bits per heavy atom. The van der Waals surface area contributed by atoms with Crippen LogP contribution in [0.4, 0.5) is 0 Å². The number of hydrogen-bond acceptors (Lipinski definition) is 3. The maximum atomic E-state index is 12.7. The molecule has 3 nitrogen and oxygen atoms in total. The third-order valence-electron chi connectivity index (χ3n) is 6.35. The summed E-state index contributed by atoms with van der Waals surface area (Å²) in [7, 11) is 0. The van der Waals surface area contributed by atoms with E-state index in [0.29, 0.717) is 12.3 Å². The zero-order chi connectivity index (χ0) is 22.0. The summed E-state index contributed by atoms with van der Waals surface area (Å²) in [5, 5.41) is 0. The molecule has 3 heteroatoms. The van der Waals surface area contributed by atoms with Crippen molar-refractivity contribution in [3.8, 4) is 0 Å². The Morgan fingerprint density at radius 3 is 1.91 bits per heavy atom. The molecule has 1 saturated heterocycles. The van der Waals surface area contributed by atoms with Crippen LogP contribution in [0.1, 0.15) is 36.0 Å². The van der Waals surface area contributed by atoms with Crippen molar-refractivity contribution in [1.82, 2.24) is 4.90 Å². The van der Waals surface area contributed by atoms with E-state index in [4.69, 9.17) is 4.74 Å². The highest BCUT2D eigenvalue weighted by Gasteiger charge is 2.25. The van der Waals surface area contributed by atoms with E-state index in [2.05, 4.69) is 59.5 Å². The molecular formula is C29H33NO2. The van der Waals surface area contributed by atoms with Gasteiger partial charge >= 0.3 is 5.97 Å². The fraction of sp³-hybridized carbons (Fsp3) is 0.345. The summed E-state index contributed by atoms with van der Waals surface area (Å²) in [5.41, 5.74) is 3.61. The van der Waals surface area contributed by atoms with Gasteiger partial charge < -0.3 is 4.74 Å². The van der Waals surface area contributed by atoms with Crippen LogP contribution in [-0.4, -0.2) is 30.1 Å². The van der Waals surface area contributed by atoms with Gasteiger partial charge in [0.05, 0.1) is 6.42 Å². The predicted octanol–water partition coefficient (Wildman–Crippen LogP) is 5.69. The minimum Gasteiger partial charge on any atom is -0.462 e. The largest absolute Gasteiger partial charge is 0.462 e. The molecule has 0 radical (unpaired) electrons. The number of ether oxygens (including phenoxy) is 1. The number of likely N-dealkylation sites (tertiary alicyclic amines) is 1. The van der Waals surface area contributed by atoms with Crippen LogP contribution in [0.15, 0.2) is 91.0 Å². The first-order chi connectivity index (χ1) is 15.7. The molecule has 0 saturated carbocycles. The molecule has 0 N–H and O–H groups in total. The average Bonchev–Trinajstić information content (AvgIpc) is 2.82. The van der Waals surface area contributed by atoms with Crippen LogP contribution in [-0.2, 0) is 28.9 Å². The number of carbonyl (C=O) groups is 1. The Labute approximate surface area is 192 Å². The van der Waals surface area contributed by atoms with Crippen LogP contribution in [0.2, 0.25) is 0 Å². The quantitative estimate of drug-likeness (QED) is 0.411. The molecule has 1 unspecified atom stereocenters. The lowest BCUT2D eigenvalue weighted by Crippen LogP contribution is -2.35. The standard InChI is InChI=1S/C29H33NO2/c31-29(22-25-12-6-2-7-13-25)32-28(20-24-10-4-1-5-11-24)21-26-16-18-30(19-17-26)23-27-14-8-3-9-15-27/h1-15,26,28H,16-23H2. The first-order valence-electron chi connectivity index (χ1n) is 11.8. The monoisotopic (exact) mass is 427 g/mol. The summed E-state index contributed by atoms with van der Waals surface area (Å²) in [6.45, 7) is 3.23. The highest BCUT2D eigenvalue weighted by Crippen LogP contribution is 2.26. The summed E-state index contributed by atoms with van der Waals surface area (Å²) in [4.78, 5) is 15.2. The fourth-order valence-electron chi connectivity index (χ4n) is 4.63. The number of esters is 1. The average molecular weight is 428 g/mol. The van der Waals surface area contributed by atoms with Gasteiger partial charge in [0, 0.05) is 13.0 Å². The van der Waals surface area contributed by atoms with E-state index < -0.39 is 0 Å². The Balaban J connectivity index is 1.32. The van der Waals surface area contributed by atoms with Gasteiger partial charge in [-0.15, -0.1) is 0 Å². The molecule has 3 aromatic rings. The Kier molecular flexibility index (Phi) is 8.11. The van der Waals surface area contributed by atoms with E-state index in [1.807, 2.05) is 36.4 Å². The number of carbonyl (C=O) groups excluding carboxylic acids is 1. The van der Waals surface area contributed by atoms with Crippen molar-refractivity contribution in [2.75, 3.05) is 13.1 Å². The fourth-order valence-corrected chi connectivity index (χ4v) is 4.63. The van der Waals surface area contributed by atoms with Gasteiger partial charge in [-0.3, -0.25) is 9.69 Å². The lowest BCUT2D eigenvalue weighted by atomic mass is 9.89. The molecular weight excluding hydrogens is 394 g/mol. The number of benzene rings is 3. The van der Waals surface area contributed by atoms with Gasteiger partial charge in [-0.05, 0) is 55.0 Å². The molecule has 0 spiro atoms. The van der Waals surface area contributed by atoms with E-state index in [1.54, 1.807) is 0 Å². The smallest absolute Gasteiger partial charge is 0.310 e. The molecule has 1 atom stereocenters. The van der Waals surface area contributed by atoms with Crippen LogP contribution >= 0.6 is 0 Å². The molecule has 1 heterocycles. The van der Waals surface area contributed by atoms with Crippen molar-refractivity contribution in [3.63, 3.8) is 0 Å². The second-order valence-corrected chi connectivity index (χ2v) is 8.90. The molecule has 166 valence electrons.